The molecule has 0 spiro atoms. The average Bonchev–Trinajstić information content (AvgIpc) is 2.47. The minimum absolute atomic E-state index is 0.100. The second-order valence-corrected chi connectivity index (χ2v) is 3.98. The van der Waals surface area contributed by atoms with Gasteiger partial charge in [-0.3, -0.25) is 19.9 Å². The van der Waals surface area contributed by atoms with Crippen molar-refractivity contribution in [2.75, 3.05) is 5.32 Å². The molecule has 7 nitrogen and oxygen atoms in total. The van der Waals surface area contributed by atoms with E-state index >= 15 is 0 Å². The summed E-state index contributed by atoms with van der Waals surface area (Å²) in [5.41, 5.74) is -0.686. The molecule has 0 aliphatic heterocycles. The van der Waals surface area contributed by atoms with Crippen LogP contribution in [0.3, 0.4) is 0 Å². The van der Waals surface area contributed by atoms with Gasteiger partial charge in [-0.2, -0.15) is 8.78 Å². The zero-order chi connectivity index (χ0) is 16.1. The number of carbonyl (C=O) groups excluding carboxylic acids is 1. The third-order valence-electron chi connectivity index (χ3n) is 2.59. The number of pyridine rings is 1. The zero-order valence-corrected chi connectivity index (χ0v) is 10.9. The van der Waals surface area contributed by atoms with Gasteiger partial charge in [-0.25, -0.2) is 0 Å². The van der Waals surface area contributed by atoms with Gasteiger partial charge in [-0.05, 0) is 18.2 Å². The van der Waals surface area contributed by atoms with Gasteiger partial charge in [0.25, 0.3) is 5.91 Å². The molecule has 1 aromatic carbocycles. The number of amides is 1. The van der Waals surface area contributed by atoms with Crippen LogP contribution in [0.2, 0.25) is 0 Å². The van der Waals surface area contributed by atoms with Crippen molar-refractivity contribution < 1.29 is 23.2 Å². The lowest BCUT2D eigenvalue weighted by atomic mass is 10.2. The van der Waals surface area contributed by atoms with Crippen molar-refractivity contribution in [2.24, 2.45) is 0 Å². The van der Waals surface area contributed by atoms with E-state index in [1.165, 1.54) is 36.5 Å². The molecule has 0 unspecified atom stereocenters. The number of nitro groups is 1. The number of hydrogen-bond donors (Lipinski definition) is 1. The van der Waals surface area contributed by atoms with Crippen molar-refractivity contribution in [3.63, 3.8) is 0 Å². The second-order valence-electron chi connectivity index (χ2n) is 3.98. The van der Waals surface area contributed by atoms with Crippen LogP contribution in [0.5, 0.6) is 5.75 Å². The molecule has 0 bridgehead atoms. The van der Waals surface area contributed by atoms with E-state index in [1.54, 1.807) is 0 Å². The summed E-state index contributed by atoms with van der Waals surface area (Å²) in [5.74, 6) is -1.14. The van der Waals surface area contributed by atoms with Crippen LogP contribution in [-0.4, -0.2) is 22.4 Å². The van der Waals surface area contributed by atoms with Crippen molar-refractivity contribution in [2.45, 2.75) is 6.61 Å². The normalized spacial score (nSPS) is 10.3. The highest BCUT2D eigenvalue weighted by Crippen LogP contribution is 2.25. The van der Waals surface area contributed by atoms with E-state index in [-0.39, 0.29) is 17.0 Å². The van der Waals surface area contributed by atoms with E-state index in [1.807, 2.05) is 0 Å². The molecular weight excluding hydrogens is 300 g/mol. The van der Waals surface area contributed by atoms with Crippen LogP contribution in [0, 0.1) is 10.1 Å². The Morgan fingerprint density at radius 3 is 2.73 bits per heavy atom. The van der Waals surface area contributed by atoms with Crippen molar-refractivity contribution in [1.29, 1.82) is 0 Å². The van der Waals surface area contributed by atoms with Crippen LogP contribution >= 0.6 is 0 Å². The van der Waals surface area contributed by atoms with Gasteiger partial charge in [-0.1, -0.05) is 12.1 Å². The summed E-state index contributed by atoms with van der Waals surface area (Å²) in [6.07, 6.45) is 2.22. The number of alkyl halides is 2. The maximum atomic E-state index is 12.3. The number of ether oxygens (including phenoxy) is 1. The van der Waals surface area contributed by atoms with Crippen molar-refractivity contribution >= 4 is 17.3 Å². The van der Waals surface area contributed by atoms with E-state index in [0.717, 1.165) is 6.20 Å². The number of benzene rings is 1. The molecule has 22 heavy (non-hydrogen) atoms. The Morgan fingerprint density at radius 1 is 1.32 bits per heavy atom. The van der Waals surface area contributed by atoms with Gasteiger partial charge in [0.05, 0.1) is 10.5 Å². The minimum atomic E-state index is -3.09. The lowest BCUT2D eigenvalue weighted by Crippen LogP contribution is -2.15. The van der Waals surface area contributed by atoms with Crippen LogP contribution in [0.4, 0.5) is 20.2 Å². The van der Waals surface area contributed by atoms with Gasteiger partial charge in [0.2, 0.25) is 0 Å². The molecular formula is C13H9F2N3O4. The molecule has 114 valence electrons. The van der Waals surface area contributed by atoms with Gasteiger partial charge in [0.1, 0.15) is 17.6 Å². The van der Waals surface area contributed by atoms with E-state index in [2.05, 4.69) is 15.0 Å². The smallest absolute Gasteiger partial charge is 0.387 e. The number of anilines is 1. The van der Waals surface area contributed by atoms with Gasteiger partial charge < -0.3 is 10.1 Å². The maximum absolute atomic E-state index is 12.3. The molecule has 0 saturated carbocycles. The van der Waals surface area contributed by atoms with Gasteiger partial charge in [0, 0.05) is 6.20 Å². The van der Waals surface area contributed by atoms with Gasteiger partial charge in [0.15, 0.2) is 0 Å². The van der Waals surface area contributed by atoms with Crippen molar-refractivity contribution in [3.05, 3.63) is 58.4 Å². The average molecular weight is 309 g/mol. The summed E-state index contributed by atoms with van der Waals surface area (Å²) in [5, 5.41) is 13.1. The Morgan fingerprint density at radius 2 is 2.05 bits per heavy atom. The second kappa shape index (κ2) is 6.57. The molecule has 1 amide bonds. The Kier molecular flexibility index (Phi) is 4.57. The first-order valence-electron chi connectivity index (χ1n) is 5.92. The molecule has 0 saturated heterocycles. The molecule has 2 rings (SSSR count). The van der Waals surface area contributed by atoms with Crippen LogP contribution in [-0.2, 0) is 0 Å². The number of nitrogens with zero attached hydrogens (tertiary/aromatic N) is 2. The molecule has 0 aliphatic carbocycles. The number of hydrogen-bond acceptors (Lipinski definition) is 5. The number of para-hydroxylation sites is 1. The first-order valence-corrected chi connectivity index (χ1v) is 5.92. The van der Waals surface area contributed by atoms with Gasteiger partial charge >= 0.3 is 12.3 Å². The fraction of sp³-hybridized carbons (Fsp3) is 0.0769. The Bertz CT molecular complexity index is 709. The molecule has 1 N–H and O–H groups in total. The summed E-state index contributed by atoms with van der Waals surface area (Å²) < 4.78 is 28.9. The molecule has 0 aliphatic rings. The lowest BCUT2D eigenvalue weighted by molar-refractivity contribution is -0.384. The van der Waals surface area contributed by atoms with Crippen molar-refractivity contribution in [1.82, 2.24) is 4.98 Å². The number of halogens is 2. The molecule has 0 radical (unpaired) electrons. The largest absolute Gasteiger partial charge is 0.434 e. The molecule has 9 heteroatoms. The minimum Gasteiger partial charge on any atom is -0.434 e. The highest BCUT2D eigenvalue weighted by atomic mass is 19.3. The van der Waals surface area contributed by atoms with E-state index < -0.39 is 23.1 Å². The lowest BCUT2D eigenvalue weighted by Gasteiger charge is -2.10. The molecule has 0 fully saturated rings. The summed E-state index contributed by atoms with van der Waals surface area (Å²) in [6, 6.07) is 6.56. The van der Waals surface area contributed by atoms with E-state index in [9.17, 15) is 23.7 Å². The van der Waals surface area contributed by atoms with Crippen LogP contribution in [0.25, 0.3) is 0 Å². The zero-order valence-electron chi connectivity index (χ0n) is 10.9. The number of aromatic nitrogens is 1. The summed E-state index contributed by atoms with van der Waals surface area (Å²) in [7, 11) is 0. The Labute approximate surface area is 122 Å². The highest BCUT2D eigenvalue weighted by molar-refractivity contribution is 6.07. The standard InChI is InChI=1S/C13H9F2N3O4/c14-13(15)22-11-4-2-1-3-8(11)12(19)17-9-5-6-16-7-10(9)18(20)21/h1-7,13H,(H,16,17,19). The molecule has 0 atom stereocenters. The quantitative estimate of drug-likeness (QED) is 0.677. The fourth-order valence-corrected chi connectivity index (χ4v) is 1.68. The first-order chi connectivity index (χ1) is 10.5. The van der Waals surface area contributed by atoms with E-state index in [0.29, 0.717) is 0 Å². The van der Waals surface area contributed by atoms with Crippen LogP contribution in [0.15, 0.2) is 42.7 Å². The highest BCUT2D eigenvalue weighted by Gasteiger charge is 2.19. The predicted octanol–water partition coefficient (Wildman–Crippen LogP) is 2.84. The number of rotatable bonds is 5. The van der Waals surface area contributed by atoms with Gasteiger partial charge in [-0.15, -0.1) is 0 Å². The molecule has 1 aromatic heterocycles. The van der Waals surface area contributed by atoms with Crippen LogP contribution < -0.4 is 10.1 Å². The first kappa shape index (κ1) is 15.3. The Balaban J connectivity index is 2.29. The SMILES string of the molecule is O=C(Nc1ccncc1[N+](=O)[O-])c1ccccc1OC(F)F. The summed E-state index contributed by atoms with van der Waals surface area (Å²) >= 11 is 0. The summed E-state index contributed by atoms with van der Waals surface area (Å²) in [4.78, 5) is 25.8. The number of nitrogens with one attached hydrogen (secondary N) is 1. The van der Waals surface area contributed by atoms with E-state index in [4.69, 9.17) is 0 Å². The monoisotopic (exact) mass is 309 g/mol. The Hall–Kier alpha value is -3.10. The predicted molar refractivity (Wildman–Crippen MR) is 71.9 cm³/mol. The third-order valence-corrected chi connectivity index (χ3v) is 2.59. The fourth-order valence-electron chi connectivity index (χ4n) is 1.68. The van der Waals surface area contributed by atoms with Crippen molar-refractivity contribution in [3.8, 4) is 5.75 Å². The molecule has 1 heterocycles. The number of carbonyl (C=O) groups is 1. The third kappa shape index (κ3) is 3.51. The molecule has 2 aromatic rings. The summed E-state index contributed by atoms with van der Waals surface area (Å²) in [6.45, 7) is -3.09. The van der Waals surface area contributed by atoms with Crippen LogP contribution in [0.1, 0.15) is 10.4 Å². The topological polar surface area (TPSA) is 94.4 Å². The maximum Gasteiger partial charge on any atom is 0.387 e.